The van der Waals surface area contributed by atoms with Crippen LogP contribution < -0.4 is 5.32 Å². The van der Waals surface area contributed by atoms with Crippen LogP contribution in [0, 0.1) is 0 Å². The summed E-state index contributed by atoms with van der Waals surface area (Å²) in [5.74, 6) is -0.490. The van der Waals surface area contributed by atoms with E-state index in [1.165, 1.54) is 7.11 Å². The van der Waals surface area contributed by atoms with E-state index < -0.39 is 0 Å². The zero-order chi connectivity index (χ0) is 14.2. The molecule has 1 atom stereocenters. The van der Waals surface area contributed by atoms with Crippen molar-refractivity contribution in [3.05, 3.63) is 54.6 Å². The van der Waals surface area contributed by atoms with Crippen LogP contribution in [-0.2, 0) is 16.1 Å². The Morgan fingerprint density at radius 1 is 1.40 bits per heavy atom. The molecule has 1 unspecified atom stereocenters. The molecule has 2 aromatic rings. The summed E-state index contributed by atoms with van der Waals surface area (Å²) in [5, 5.41) is 3.29. The van der Waals surface area contributed by atoms with Crippen LogP contribution in [0.3, 0.4) is 0 Å². The molecule has 0 spiro atoms. The number of imidazole rings is 1. The Hall–Kier alpha value is -2.14. The van der Waals surface area contributed by atoms with E-state index in [1.807, 2.05) is 41.1 Å². The van der Waals surface area contributed by atoms with Crippen LogP contribution in [0.15, 0.2) is 49.1 Å². The van der Waals surface area contributed by atoms with Gasteiger partial charge in [0.15, 0.2) is 0 Å². The molecule has 1 heterocycles. The minimum atomic E-state index is -0.274. The Labute approximate surface area is 118 Å². The summed E-state index contributed by atoms with van der Waals surface area (Å²) >= 11 is 0. The van der Waals surface area contributed by atoms with Crippen molar-refractivity contribution in [2.45, 2.75) is 12.5 Å². The largest absolute Gasteiger partial charge is 0.469 e. The van der Waals surface area contributed by atoms with Gasteiger partial charge in [-0.25, -0.2) is 4.98 Å². The quantitative estimate of drug-likeness (QED) is 0.612. The first-order valence-electron chi connectivity index (χ1n) is 6.60. The van der Waals surface area contributed by atoms with Crippen molar-refractivity contribution >= 4 is 5.97 Å². The van der Waals surface area contributed by atoms with Gasteiger partial charge in [-0.3, -0.25) is 4.79 Å². The lowest BCUT2D eigenvalue weighted by molar-refractivity contribution is -0.142. The molecule has 0 aliphatic heterocycles. The molecule has 1 aromatic carbocycles. The number of hydrogen-bond acceptors (Lipinski definition) is 4. The number of esters is 1. The molecule has 0 saturated heterocycles. The zero-order valence-electron chi connectivity index (χ0n) is 11.5. The zero-order valence-corrected chi connectivity index (χ0v) is 11.5. The fourth-order valence-corrected chi connectivity index (χ4v) is 2.04. The Morgan fingerprint density at radius 2 is 2.20 bits per heavy atom. The molecular weight excluding hydrogens is 254 g/mol. The fraction of sp³-hybridized carbons (Fsp3) is 0.333. The van der Waals surface area contributed by atoms with Crippen molar-refractivity contribution in [2.75, 3.05) is 20.2 Å². The summed E-state index contributed by atoms with van der Waals surface area (Å²) in [6.07, 6.45) is 5.44. The Kier molecular flexibility index (Phi) is 5.32. The summed E-state index contributed by atoms with van der Waals surface area (Å²) in [6.45, 7) is 2.16. The van der Waals surface area contributed by atoms with Crippen LogP contribution >= 0.6 is 0 Å². The van der Waals surface area contributed by atoms with Crippen LogP contribution in [0.5, 0.6) is 0 Å². The van der Waals surface area contributed by atoms with Crippen molar-refractivity contribution in [2.24, 2.45) is 0 Å². The summed E-state index contributed by atoms with van der Waals surface area (Å²) in [4.78, 5) is 15.8. The number of rotatable bonds is 7. The lowest BCUT2D eigenvalue weighted by Crippen LogP contribution is -2.29. The smallest absolute Gasteiger partial charge is 0.314 e. The molecule has 0 saturated carbocycles. The fourth-order valence-electron chi connectivity index (χ4n) is 2.04. The maximum Gasteiger partial charge on any atom is 0.314 e. The highest BCUT2D eigenvalue weighted by atomic mass is 16.5. The first-order valence-corrected chi connectivity index (χ1v) is 6.60. The Morgan fingerprint density at radius 3 is 2.85 bits per heavy atom. The highest BCUT2D eigenvalue weighted by molar-refractivity contribution is 5.78. The number of hydrogen-bond donors (Lipinski definition) is 1. The van der Waals surface area contributed by atoms with Crippen LogP contribution in [0.1, 0.15) is 11.5 Å². The van der Waals surface area contributed by atoms with Gasteiger partial charge in [-0.15, -0.1) is 0 Å². The van der Waals surface area contributed by atoms with E-state index in [0.717, 1.165) is 18.7 Å². The molecule has 0 fully saturated rings. The number of aromatic nitrogens is 2. The van der Waals surface area contributed by atoms with Crippen LogP contribution in [0.4, 0.5) is 0 Å². The number of nitrogens with zero attached hydrogens (tertiary/aromatic N) is 2. The molecule has 106 valence electrons. The first kappa shape index (κ1) is 14.3. The molecule has 1 N–H and O–H groups in total. The molecule has 0 aliphatic rings. The Bertz CT molecular complexity index is 511. The van der Waals surface area contributed by atoms with E-state index in [2.05, 4.69) is 10.3 Å². The van der Waals surface area contributed by atoms with Gasteiger partial charge in [0.25, 0.3) is 0 Å². The van der Waals surface area contributed by atoms with Gasteiger partial charge < -0.3 is 14.6 Å². The maximum atomic E-state index is 11.9. The van der Waals surface area contributed by atoms with E-state index in [4.69, 9.17) is 4.74 Å². The molecule has 0 amide bonds. The van der Waals surface area contributed by atoms with Crippen molar-refractivity contribution in [3.63, 3.8) is 0 Å². The minimum Gasteiger partial charge on any atom is -0.469 e. The summed E-state index contributed by atoms with van der Waals surface area (Å²) in [6, 6.07) is 9.68. The van der Waals surface area contributed by atoms with Gasteiger partial charge in [0.1, 0.15) is 0 Å². The molecule has 0 aliphatic carbocycles. The van der Waals surface area contributed by atoms with Gasteiger partial charge in [0.2, 0.25) is 0 Å². The van der Waals surface area contributed by atoms with Crippen molar-refractivity contribution in [1.82, 2.24) is 14.9 Å². The lowest BCUT2D eigenvalue weighted by atomic mass is 9.99. The molecular formula is C15H19N3O2. The van der Waals surface area contributed by atoms with E-state index >= 15 is 0 Å². The topological polar surface area (TPSA) is 56.1 Å². The summed E-state index contributed by atoms with van der Waals surface area (Å²) < 4.78 is 6.86. The molecule has 1 aromatic heterocycles. The molecule has 0 radical (unpaired) electrons. The third kappa shape index (κ3) is 3.93. The predicted molar refractivity (Wildman–Crippen MR) is 76.3 cm³/mol. The van der Waals surface area contributed by atoms with Crippen molar-refractivity contribution in [1.29, 1.82) is 0 Å². The number of carbonyl (C=O) groups excluding carboxylic acids is 1. The van der Waals surface area contributed by atoms with E-state index in [9.17, 15) is 4.79 Å². The van der Waals surface area contributed by atoms with Crippen LogP contribution in [0.2, 0.25) is 0 Å². The number of ether oxygens (including phenoxy) is 1. The number of nitrogens with one attached hydrogen (secondary N) is 1. The van der Waals surface area contributed by atoms with Gasteiger partial charge in [-0.05, 0) is 5.56 Å². The van der Waals surface area contributed by atoms with Crippen LogP contribution in [-0.4, -0.2) is 35.7 Å². The van der Waals surface area contributed by atoms with E-state index in [-0.39, 0.29) is 11.9 Å². The average molecular weight is 273 g/mol. The van der Waals surface area contributed by atoms with Gasteiger partial charge in [0, 0.05) is 32.0 Å². The molecule has 5 nitrogen and oxygen atoms in total. The van der Waals surface area contributed by atoms with E-state index in [1.54, 1.807) is 12.5 Å². The van der Waals surface area contributed by atoms with Gasteiger partial charge >= 0.3 is 5.97 Å². The third-order valence-electron chi connectivity index (χ3n) is 3.14. The first-order chi connectivity index (χ1) is 9.81. The molecule has 2 rings (SSSR count). The highest BCUT2D eigenvalue weighted by Gasteiger charge is 2.20. The highest BCUT2D eigenvalue weighted by Crippen LogP contribution is 2.16. The molecule has 0 bridgehead atoms. The lowest BCUT2D eigenvalue weighted by Gasteiger charge is -2.16. The predicted octanol–water partition coefficient (Wildman–Crippen LogP) is 1.43. The second-order valence-corrected chi connectivity index (χ2v) is 4.49. The molecule has 20 heavy (non-hydrogen) atoms. The minimum absolute atomic E-state index is 0.216. The number of methoxy groups -OCH3 is 1. The van der Waals surface area contributed by atoms with Gasteiger partial charge in [-0.1, -0.05) is 30.3 Å². The van der Waals surface area contributed by atoms with Gasteiger partial charge in [-0.2, -0.15) is 0 Å². The van der Waals surface area contributed by atoms with Crippen molar-refractivity contribution < 1.29 is 9.53 Å². The SMILES string of the molecule is COC(=O)C(CNCCn1ccnc1)c1ccccc1. The molecule has 5 heteroatoms. The third-order valence-corrected chi connectivity index (χ3v) is 3.14. The summed E-state index contributed by atoms with van der Waals surface area (Å²) in [7, 11) is 1.42. The van der Waals surface area contributed by atoms with Gasteiger partial charge in [0.05, 0.1) is 19.4 Å². The monoisotopic (exact) mass is 273 g/mol. The normalized spacial score (nSPS) is 12.1. The van der Waals surface area contributed by atoms with Crippen molar-refractivity contribution in [3.8, 4) is 0 Å². The number of benzene rings is 1. The average Bonchev–Trinajstić information content (AvgIpc) is 3.01. The standard InChI is InChI=1S/C15H19N3O2/c1-20-15(19)14(13-5-3-2-4-6-13)11-16-7-9-18-10-8-17-12-18/h2-6,8,10,12,14,16H,7,9,11H2,1H3. The van der Waals surface area contributed by atoms with Crippen LogP contribution in [0.25, 0.3) is 0 Å². The summed E-state index contributed by atoms with van der Waals surface area (Å²) in [5.41, 5.74) is 0.967. The Balaban J connectivity index is 1.87. The maximum absolute atomic E-state index is 11.9. The van der Waals surface area contributed by atoms with E-state index in [0.29, 0.717) is 6.54 Å². The second-order valence-electron chi connectivity index (χ2n) is 4.49. The second kappa shape index (κ2) is 7.45. The number of carbonyl (C=O) groups is 1.